The van der Waals surface area contributed by atoms with Gasteiger partial charge in [-0.05, 0) is 31.4 Å². The molecule has 0 aliphatic heterocycles. The van der Waals surface area contributed by atoms with Crippen LogP contribution < -0.4 is 5.73 Å². The van der Waals surface area contributed by atoms with Crippen LogP contribution in [0.4, 0.5) is 0 Å². The molecule has 1 aliphatic rings. The van der Waals surface area contributed by atoms with Gasteiger partial charge in [-0.15, -0.1) is 0 Å². The lowest BCUT2D eigenvalue weighted by Crippen LogP contribution is -2.18. The van der Waals surface area contributed by atoms with E-state index in [-0.39, 0.29) is 5.54 Å². The van der Waals surface area contributed by atoms with E-state index in [9.17, 15) is 0 Å². The minimum Gasteiger partial charge on any atom is -0.321 e. The third-order valence-electron chi connectivity index (χ3n) is 3.09. The van der Waals surface area contributed by atoms with Crippen LogP contribution in [-0.2, 0) is 5.54 Å². The van der Waals surface area contributed by atoms with Crippen molar-refractivity contribution in [3.63, 3.8) is 0 Å². The minimum absolute atomic E-state index is 0.0492. The first-order valence-corrected chi connectivity index (χ1v) is 4.92. The van der Waals surface area contributed by atoms with E-state index in [2.05, 4.69) is 27.7 Å². The van der Waals surface area contributed by atoms with Crippen LogP contribution in [0, 0.1) is 6.92 Å². The molecule has 0 radical (unpaired) electrons. The van der Waals surface area contributed by atoms with Gasteiger partial charge in [0.05, 0.1) is 17.5 Å². The second-order valence-corrected chi connectivity index (χ2v) is 4.20. The Balaban J connectivity index is 2.21. The number of imidazole rings is 1. The van der Waals surface area contributed by atoms with Gasteiger partial charge in [-0.2, -0.15) is 0 Å². The summed E-state index contributed by atoms with van der Waals surface area (Å²) in [5.41, 5.74) is 9.54. The number of nitrogens with zero attached hydrogens (tertiary/aromatic N) is 2. The first-order valence-electron chi connectivity index (χ1n) is 4.92. The molecule has 0 amide bonds. The maximum absolute atomic E-state index is 6.13. The Morgan fingerprint density at radius 2 is 2.21 bits per heavy atom. The molecule has 2 N–H and O–H groups in total. The van der Waals surface area contributed by atoms with E-state index < -0.39 is 0 Å². The first-order chi connectivity index (χ1) is 6.69. The van der Waals surface area contributed by atoms with E-state index in [4.69, 9.17) is 5.73 Å². The van der Waals surface area contributed by atoms with Crippen LogP contribution in [0.1, 0.15) is 24.1 Å². The van der Waals surface area contributed by atoms with Crippen LogP contribution >= 0.6 is 0 Å². The Hall–Kier alpha value is -1.35. The maximum atomic E-state index is 6.13. The molecule has 72 valence electrons. The summed E-state index contributed by atoms with van der Waals surface area (Å²) in [5.74, 6) is 0. The fourth-order valence-corrected chi connectivity index (χ4v) is 1.85. The average molecular weight is 187 g/mol. The molecule has 1 fully saturated rings. The van der Waals surface area contributed by atoms with Crippen molar-refractivity contribution in [3.8, 4) is 0 Å². The molecule has 0 unspecified atom stereocenters. The molecule has 3 nitrogen and oxygen atoms in total. The van der Waals surface area contributed by atoms with Crippen LogP contribution in [0.25, 0.3) is 5.52 Å². The molecular formula is C11H13N3. The summed E-state index contributed by atoms with van der Waals surface area (Å²) in [5, 5.41) is 0. The molecule has 1 aliphatic carbocycles. The molecule has 0 saturated heterocycles. The highest BCUT2D eigenvalue weighted by Gasteiger charge is 2.40. The molecule has 3 heteroatoms. The topological polar surface area (TPSA) is 43.3 Å². The monoisotopic (exact) mass is 187 g/mol. The van der Waals surface area contributed by atoms with Gasteiger partial charge in [0.2, 0.25) is 0 Å². The Bertz CT molecular complexity index is 494. The number of aromatic nitrogens is 2. The first kappa shape index (κ1) is 8.00. The Labute approximate surface area is 82.6 Å². The van der Waals surface area contributed by atoms with E-state index in [0.717, 1.165) is 24.1 Å². The lowest BCUT2D eigenvalue weighted by Gasteiger charge is -2.09. The third kappa shape index (κ3) is 0.990. The van der Waals surface area contributed by atoms with Gasteiger partial charge in [0, 0.05) is 11.7 Å². The summed E-state index contributed by atoms with van der Waals surface area (Å²) < 4.78 is 2.05. The van der Waals surface area contributed by atoms with Gasteiger partial charge in [-0.3, -0.25) is 0 Å². The van der Waals surface area contributed by atoms with E-state index in [1.165, 1.54) is 5.56 Å². The van der Waals surface area contributed by atoms with Gasteiger partial charge in [0.15, 0.2) is 0 Å². The van der Waals surface area contributed by atoms with Crippen LogP contribution in [0.3, 0.4) is 0 Å². The highest BCUT2D eigenvalue weighted by Crippen LogP contribution is 2.42. The Kier molecular flexibility index (Phi) is 1.35. The van der Waals surface area contributed by atoms with Crippen LogP contribution in [-0.4, -0.2) is 9.38 Å². The summed E-state index contributed by atoms with van der Waals surface area (Å²) in [6.45, 7) is 2.02. The summed E-state index contributed by atoms with van der Waals surface area (Å²) >= 11 is 0. The molecular weight excluding hydrogens is 174 g/mol. The van der Waals surface area contributed by atoms with E-state index in [0.29, 0.717) is 0 Å². The summed E-state index contributed by atoms with van der Waals surface area (Å²) in [7, 11) is 0. The third-order valence-corrected chi connectivity index (χ3v) is 3.09. The van der Waals surface area contributed by atoms with Gasteiger partial charge in [-0.1, -0.05) is 6.07 Å². The standard InChI is InChI=1S/C11H13N3/c1-8-10-3-2-9(11(12)4-5-11)6-14(10)7-13-8/h2-3,6-7H,4-5,12H2,1H3. The largest absolute Gasteiger partial charge is 0.321 e. The lowest BCUT2D eigenvalue weighted by atomic mass is 10.1. The van der Waals surface area contributed by atoms with E-state index in [1.807, 2.05) is 13.3 Å². The molecule has 0 atom stereocenters. The van der Waals surface area contributed by atoms with Crippen molar-refractivity contribution >= 4 is 5.52 Å². The van der Waals surface area contributed by atoms with Gasteiger partial charge in [0.1, 0.15) is 0 Å². The normalized spacial score (nSPS) is 18.7. The highest BCUT2D eigenvalue weighted by molar-refractivity contribution is 5.52. The Morgan fingerprint density at radius 1 is 1.43 bits per heavy atom. The van der Waals surface area contributed by atoms with Crippen LogP contribution in [0.5, 0.6) is 0 Å². The number of fused-ring (bicyclic) bond motifs is 1. The van der Waals surface area contributed by atoms with E-state index >= 15 is 0 Å². The molecule has 0 spiro atoms. The molecule has 2 aromatic heterocycles. The quantitative estimate of drug-likeness (QED) is 0.736. The highest BCUT2D eigenvalue weighted by atomic mass is 15.0. The Morgan fingerprint density at radius 3 is 2.93 bits per heavy atom. The maximum Gasteiger partial charge on any atom is 0.0995 e. The van der Waals surface area contributed by atoms with Crippen molar-refractivity contribution < 1.29 is 0 Å². The summed E-state index contributed by atoms with van der Waals surface area (Å²) in [4.78, 5) is 4.26. The van der Waals surface area contributed by atoms with E-state index in [1.54, 1.807) is 0 Å². The SMILES string of the molecule is Cc1ncn2cc(C3(N)CC3)ccc12. The van der Waals surface area contributed by atoms with Crippen LogP contribution in [0.2, 0.25) is 0 Å². The van der Waals surface area contributed by atoms with Gasteiger partial charge in [-0.25, -0.2) is 4.98 Å². The predicted molar refractivity (Wildman–Crippen MR) is 55.0 cm³/mol. The molecule has 0 aromatic carbocycles. The van der Waals surface area contributed by atoms with Crippen molar-refractivity contribution in [2.24, 2.45) is 5.73 Å². The number of hydrogen-bond donors (Lipinski definition) is 1. The number of nitrogens with two attached hydrogens (primary N) is 1. The molecule has 1 saturated carbocycles. The summed E-state index contributed by atoms with van der Waals surface area (Å²) in [6.07, 6.45) is 6.15. The smallest absolute Gasteiger partial charge is 0.0995 e. The number of rotatable bonds is 1. The minimum atomic E-state index is -0.0492. The number of hydrogen-bond acceptors (Lipinski definition) is 2. The van der Waals surface area contributed by atoms with Crippen molar-refractivity contribution in [3.05, 3.63) is 35.9 Å². The van der Waals surface area contributed by atoms with Gasteiger partial charge < -0.3 is 10.1 Å². The number of pyridine rings is 1. The van der Waals surface area contributed by atoms with Crippen molar-refractivity contribution in [2.45, 2.75) is 25.3 Å². The fraction of sp³-hybridized carbons (Fsp3) is 0.364. The second kappa shape index (κ2) is 2.36. The lowest BCUT2D eigenvalue weighted by molar-refractivity contribution is 0.733. The average Bonchev–Trinajstić information content (AvgIpc) is 2.84. The van der Waals surface area contributed by atoms with Gasteiger partial charge in [0.25, 0.3) is 0 Å². The van der Waals surface area contributed by atoms with Crippen molar-refractivity contribution in [2.75, 3.05) is 0 Å². The van der Waals surface area contributed by atoms with Gasteiger partial charge >= 0.3 is 0 Å². The predicted octanol–water partition coefficient (Wildman–Crippen LogP) is 1.59. The molecule has 14 heavy (non-hydrogen) atoms. The van der Waals surface area contributed by atoms with Crippen molar-refractivity contribution in [1.29, 1.82) is 0 Å². The summed E-state index contributed by atoms with van der Waals surface area (Å²) in [6, 6.07) is 4.22. The molecule has 2 heterocycles. The molecule has 2 aromatic rings. The zero-order valence-electron chi connectivity index (χ0n) is 8.20. The zero-order valence-corrected chi connectivity index (χ0v) is 8.20. The fourth-order valence-electron chi connectivity index (χ4n) is 1.85. The second-order valence-electron chi connectivity index (χ2n) is 4.20. The zero-order chi connectivity index (χ0) is 9.76. The van der Waals surface area contributed by atoms with Crippen molar-refractivity contribution in [1.82, 2.24) is 9.38 Å². The molecule has 3 rings (SSSR count). The molecule has 0 bridgehead atoms. The van der Waals surface area contributed by atoms with Crippen LogP contribution in [0.15, 0.2) is 24.7 Å². The number of aryl methyl sites for hydroxylation is 1.